The standard InChI is InChI=1S/C12H17FN2O5S/c1-15(2)12(17)8-20-11-4-3-9(7-10(11)13)21(18,19)14-5-6-16/h3-4,7,14,16H,5-6,8H2,1-2H3. The molecular formula is C12H17FN2O5S. The molecule has 0 saturated heterocycles. The molecule has 0 atom stereocenters. The first kappa shape index (κ1) is 17.3. The molecule has 9 heteroatoms. The van der Waals surface area contributed by atoms with Crippen molar-refractivity contribution >= 4 is 15.9 Å². The average molecular weight is 320 g/mol. The van der Waals surface area contributed by atoms with E-state index < -0.39 is 15.8 Å². The fourth-order valence-corrected chi connectivity index (χ4v) is 2.33. The molecule has 0 aromatic heterocycles. The Balaban J connectivity index is 2.83. The number of sulfonamides is 1. The first-order valence-electron chi connectivity index (χ1n) is 6.01. The third-order valence-electron chi connectivity index (χ3n) is 2.47. The molecule has 118 valence electrons. The van der Waals surface area contributed by atoms with Gasteiger partial charge < -0.3 is 14.7 Å². The molecule has 1 aromatic carbocycles. The van der Waals surface area contributed by atoms with E-state index in [-0.39, 0.29) is 36.3 Å². The molecule has 0 saturated carbocycles. The van der Waals surface area contributed by atoms with Crippen molar-refractivity contribution in [3.63, 3.8) is 0 Å². The fourth-order valence-electron chi connectivity index (χ4n) is 1.30. The van der Waals surface area contributed by atoms with Gasteiger partial charge in [-0.15, -0.1) is 0 Å². The van der Waals surface area contributed by atoms with Crippen molar-refractivity contribution in [2.45, 2.75) is 4.90 Å². The second kappa shape index (κ2) is 7.34. The number of aliphatic hydroxyl groups excluding tert-OH is 1. The zero-order valence-corrected chi connectivity index (χ0v) is 12.5. The van der Waals surface area contributed by atoms with E-state index in [4.69, 9.17) is 9.84 Å². The van der Waals surface area contributed by atoms with Crippen molar-refractivity contribution in [3.8, 4) is 5.75 Å². The van der Waals surface area contributed by atoms with Gasteiger partial charge in [-0.1, -0.05) is 0 Å². The smallest absolute Gasteiger partial charge is 0.259 e. The van der Waals surface area contributed by atoms with Crippen LogP contribution in [0.3, 0.4) is 0 Å². The number of nitrogens with one attached hydrogen (secondary N) is 1. The summed E-state index contributed by atoms with van der Waals surface area (Å²) in [5.74, 6) is -1.46. The van der Waals surface area contributed by atoms with Gasteiger partial charge in [0.25, 0.3) is 5.91 Å². The maximum absolute atomic E-state index is 13.8. The van der Waals surface area contributed by atoms with Crippen LogP contribution in [-0.2, 0) is 14.8 Å². The van der Waals surface area contributed by atoms with Crippen molar-refractivity contribution in [2.75, 3.05) is 33.9 Å². The minimum absolute atomic E-state index is 0.167. The molecule has 0 bridgehead atoms. The van der Waals surface area contributed by atoms with Gasteiger partial charge in [0.1, 0.15) is 0 Å². The summed E-state index contributed by atoms with van der Waals surface area (Å²) >= 11 is 0. The lowest BCUT2D eigenvalue weighted by atomic mass is 10.3. The highest BCUT2D eigenvalue weighted by Gasteiger charge is 2.16. The average Bonchev–Trinajstić information content (AvgIpc) is 2.43. The van der Waals surface area contributed by atoms with Crippen LogP contribution in [0.5, 0.6) is 5.75 Å². The monoisotopic (exact) mass is 320 g/mol. The second-order valence-corrected chi connectivity index (χ2v) is 6.06. The number of halogens is 1. The SMILES string of the molecule is CN(C)C(=O)COc1ccc(S(=O)(=O)NCCO)cc1F. The van der Waals surface area contributed by atoms with E-state index >= 15 is 0 Å². The summed E-state index contributed by atoms with van der Waals surface area (Å²) in [5, 5.41) is 8.59. The van der Waals surface area contributed by atoms with Gasteiger partial charge in [-0.05, 0) is 18.2 Å². The molecular weight excluding hydrogens is 303 g/mol. The highest BCUT2D eigenvalue weighted by molar-refractivity contribution is 7.89. The highest BCUT2D eigenvalue weighted by Crippen LogP contribution is 2.21. The van der Waals surface area contributed by atoms with Crippen LogP contribution < -0.4 is 9.46 Å². The molecule has 0 unspecified atom stereocenters. The van der Waals surface area contributed by atoms with Crippen LogP contribution in [-0.4, -0.2) is 58.2 Å². The number of nitrogens with zero attached hydrogens (tertiary/aromatic N) is 1. The van der Waals surface area contributed by atoms with Gasteiger partial charge in [-0.3, -0.25) is 4.79 Å². The summed E-state index contributed by atoms with van der Waals surface area (Å²) in [6, 6.07) is 3.07. The van der Waals surface area contributed by atoms with Gasteiger partial charge >= 0.3 is 0 Å². The molecule has 0 heterocycles. The molecule has 0 fully saturated rings. The van der Waals surface area contributed by atoms with Crippen molar-refractivity contribution in [2.24, 2.45) is 0 Å². The van der Waals surface area contributed by atoms with E-state index in [2.05, 4.69) is 4.72 Å². The number of amides is 1. The van der Waals surface area contributed by atoms with E-state index in [0.29, 0.717) is 0 Å². The summed E-state index contributed by atoms with van der Waals surface area (Å²) in [6.07, 6.45) is 0. The van der Waals surface area contributed by atoms with Gasteiger partial charge in [-0.2, -0.15) is 0 Å². The largest absolute Gasteiger partial charge is 0.481 e. The van der Waals surface area contributed by atoms with Crippen LogP contribution >= 0.6 is 0 Å². The van der Waals surface area contributed by atoms with Crippen molar-refractivity contribution < 1.29 is 27.4 Å². The molecule has 1 rings (SSSR count). The van der Waals surface area contributed by atoms with E-state index in [1.54, 1.807) is 0 Å². The second-order valence-electron chi connectivity index (χ2n) is 4.29. The number of hydrogen-bond donors (Lipinski definition) is 2. The van der Waals surface area contributed by atoms with E-state index in [9.17, 15) is 17.6 Å². The lowest BCUT2D eigenvalue weighted by Crippen LogP contribution is -2.28. The van der Waals surface area contributed by atoms with Gasteiger partial charge in [0.15, 0.2) is 18.2 Å². The number of carbonyl (C=O) groups excluding carboxylic acids is 1. The van der Waals surface area contributed by atoms with Crippen LogP contribution in [0.1, 0.15) is 0 Å². The maximum Gasteiger partial charge on any atom is 0.259 e. The van der Waals surface area contributed by atoms with Gasteiger partial charge in [0.2, 0.25) is 10.0 Å². The van der Waals surface area contributed by atoms with Crippen molar-refractivity contribution in [1.29, 1.82) is 0 Å². The van der Waals surface area contributed by atoms with E-state index in [1.807, 2.05) is 0 Å². The molecule has 0 spiro atoms. The molecule has 0 aliphatic heterocycles. The summed E-state index contributed by atoms with van der Waals surface area (Å²) in [4.78, 5) is 12.3. The number of benzene rings is 1. The zero-order chi connectivity index (χ0) is 16.0. The Morgan fingerprint density at radius 1 is 1.43 bits per heavy atom. The Morgan fingerprint density at radius 3 is 2.62 bits per heavy atom. The Labute approximate surface area is 122 Å². The van der Waals surface area contributed by atoms with Crippen LogP contribution in [0.15, 0.2) is 23.1 Å². The number of rotatable bonds is 7. The minimum Gasteiger partial charge on any atom is -0.481 e. The minimum atomic E-state index is -3.89. The number of likely N-dealkylation sites (N-methyl/N-ethyl adjacent to an activating group) is 1. The first-order valence-corrected chi connectivity index (χ1v) is 7.49. The lowest BCUT2D eigenvalue weighted by Gasteiger charge is -2.12. The molecule has 7 nitrogen and oxygen atoms in total. The zero-order valence-electron chi connectivity index (χ0n) is 11.7. The third-order valence-corrected chi connectivity index (χ3v) is 3.93. The Morgan fingerprint density at radius 2 is 2.10 bits per heavy atom. The van der Waals surface area contributed by atoms with Crippen LogP contribution in [0.2, 0.25) is 0 Å². The Kier molecular flexibility index (Phi) is 6.06. The van der Waals surface area contributed by atoms with Crippen LogP contribution in [0, 0.1) is 5.82 Å². The van der Waals surface area contributed by atoms with Gasteiger partial charge in [0, 0.05) is 20.6 Å². The molecule has 21 heavy (non-hydrogen) atoms. The van der Waals surface area contributed by atoms with Crippen LogP contribution in [0.4, 0.5) is 4.39 Å². The van der Waals surface area contributed by atoms with Crippen molar-refractivity contribution in [1.82, 2.24) is 9.62 Å². The summed E-state index contributed by atoms with van der Waals surface area (Å²) in [6.45, 7) is -0.881. The molecule has 1 aromatic rings. The normalized spacial score (nSPS) is 11.2. The summed E-state index contributed by atoms with van der Waals surface area (Å²) < 4.78 is 44.3. The van der Waals surface area contributed by atoms with Gasteiger partial charge in [0.05, 0.1) is 11.5 Å². The van der Waals surface area contributed by atoms with Gasteiger partial charge in [-0.25, -0.2) is 17.5 Å². The topological polar surface area (TPSA) is 95.9 Å². The molecule has 0 radical (unpaired) electrons. The number of aliphatic hydroxyl groups is 1. The third kappa shape index (κ3) is 4.96. The Bertz CT molecular complexity index is 604. The molecule has 1 amide bonds. The predicted octanol–water partition coefficient (Wildman–Crippen LogP) is -0.437. The molecule has 0 aliphatic carbocycles. The predicted molar refractivity (Wildman–Crippen MR) is 72.9 cm³/mol. The lowest BCUT2D eigenvalue weighted by molar-refractivity contribution is -0.130. The molecule has 2 N–H and O–H groups in total. The first-order chi connectivity index (χ1) is 9.77. The van der Waals surface area contributed by atoms with Crippen molar-refractivity contribution in [3.05, 3.63) is 24.0 Å². The number of ether oxygens (including phenoxy) is 1. The summed E-state index contributed by atoms with van der Waals surface area (Å²) in [7, 11) is -0.823. The summed E-state index contributed by atoms with van der Waals surface area (Å²) in [5.41, 5.74) is 0. The van der Waals surface area contributed by atoms with E-state index in [0.717, 1.165) is 18.2 Å². The maximum atomic E-state index is 13.8. The Hall–Kier alpha value is -1.71. The fraction of sp³-hybridized carbons (Fsp3) is 0.417. The highest BCUT2D eigenvalue weighted by atomic mass is 32.2. The molecule has 0 aliphatic rings. The number of hydrogen-bond acceptors (Lipinski definition) is 5. The number of carbonyl (C=O) groups is 1. The van der Waals surface area contributed by atoms with Crippen LogP contribution in [0.25, 0.3) is 0 Å². The van der Waals surface area contributed by atoms with E-state index in [1.165, 1.54) is 19.0 Å². The quantitative estimate of drug-likeness (QED) is 0.710.